The summed E-state index contributed by atoms with van der Waals surface area (Å²) in [7, 11) is -3.37. The summed E-state index contributed by atoms with van der Waals surface area (Å²) in [4.78, 5) is 0. The van der Waals surface area contributed by atoms with Crippen molar-refractivity contribution < 1.29 is 13.2 Å². The Balaban J connectivity index is 1.70. The predicted molar refractivity (Wildman–Crippen MR) is 89.4 cm³/mol. The average Bonchev–Trinajstić information content (AvgIpc) is 2.72. The smallest absolute Gasteiger partial charge is 0.235 e. The van der Waals surface area contributed by atoms with Crippen LogP contribution in [0.15, 0.2) is 24.3 Å². The van der Waals surface area contributed by atoms with Crippen molar-refractivity contribution in [2.45, 2.75) is 44.6 Å². The number of allylic oxidation sites excluding steroid dienone is 1. The number of hydrogen-bond donors (Lipinski definition) is 1. The van der Waals surface area contributed by atoms with Crippen LogP contribution < -0.4 is 4.72 Å². The van der Waals surface area contributed by atoms with Crippen LogP contribution in [-0.4, -0.2) is 26.9 Å². The Kier molecular flexibility index (Phi) is 4.84. The Hall–Kier alpha value is -1.33. The molecule has 22 heavy (non-hydrogen) atoms. The monoisotopic (exact) mass is 321 g/mol. The van der Waals surface area contributed by atoms with Crippen LogP contribution in [-0.2, 0) is 21.2 Å². The number of benzene rings is 1. The molecule has 0 amide bonds. The molecule has 1 heterocycles. The lowest BCUT2D eigenvalue weighted by Crippen LogP contribution is -2.30. The highest BCUT2D eigenvalue weighted by atomic mass is 32.2. The Labute approximate surface area is 132 Å². The van der Waals surface area contributed by atoms with Crippen LogP contribution in [0.2, 0.25) is 0 Å². The number of ether oxygens (including phenoxy) is 1. The molecular formula is C17H23NO3S. The maximum absolute atomic E-state index is 12.3. The first-order chi connectivity index (χ1) is 10.6. The fourth-order valence-electron chi connectivity index (χ4n) is 3.07. The zero-order chi connectivity index (χ0) is 15.4. The number of hydrogen-bond acceptors (Lipinski definition) is 3. The number of sulfonamides is 1. The highest BCUT2D eigenvalue weighted by Gasteiger charge is 2.22. The van der Waals surface area contributed by atoms with E-state index in [4.69, 9.17) is 4.74 Å². The minimum atomic E-state index is -3.37. The van der Waals surface area contributed by atoms with E-state index in [9.17, 15) is 8.42 Å². The van der Waals surface area contributed by atoms with Crippen molar-refractivity contribution in [2.24, 2.45) is 0 Å². The second-order valence-electron chi connectivity index (χ2n) is 6.08. The fraction of sp³-hybridized carbons (Fsp3) is 0.529. The first kappa shape index (κ1) is 15.6. The zero-order valence-electron chi connectivity index (χ0n) is 12.8. The van der Waals surface area contributed by atoms with Gasteiger partial charge < -0.3 is 4.74 Å². The maximum Gasteiger partial charge on any atom is 0.235 e. The molecule has 0 radical (unpaired) electrons. The molecular weight excluding hydrogens is 298 g/mol. The van der Waals surface area contributed by atoms with Crippen LogP contribution in [0, 0.1) is 0 Å². The lowest BCUT2D eigenvalue weighted by atomic mass is 10.0. The van der Waals surface area contributed by atoms with Gasteiger partial charge in [0, 0.05) is 12.3 Å². The third kappa shape index (κ3) is 4.11. The van der Waals surface area contributed by atoms with Gasteiger partial charge in [-0.1, -0.05) is 18.2 Å². The van der Waals surface area contributed by atoms with E-state index in [1.807, 2.05) is 18.2 Å². The van der Waals surface area contributed by atoms with E-state index >= 15 is 0 Å². The number of nitrogens with one attached hydrogen (secondary N) is 1. The van der Waals surface area contributed by atoms with Gasteiger partial charge in [0.1, 0.15) is 0 Å². The molecule has 0 saturated carbocycles. The first-order valence-corrected chi connectivity index (χ1v) is 9.69. The largest absolute Gasteiger partial charge is 0.377 e. The quantitative estimate of drug-likeness (QED) is 0.925. The highest BCUT2D eigenvalue weighted by molar-refractivity contribution is 7.92. The van der Waals surface area contributed by atoms with E-state index in [-0.39, 0.29) is 11.9 Å². The SMILES string of the molecule is O=S(=O)(CC1CCCCO1)Nc1ccc2c(c1)C=CCCC2. The summed E-state index contributed by atoms with van der Waals surface area (Å²) in [6, 6.07) is 5.81. The van der Waals surface area contributed by atoms with Gasteiger partial charge in [0.25, 0.3) is 0 Å². The molecule has 1 aliphatic heterocycles. The van der Waals surface area contributed by atoms with Gasteiger partial charge in [0.15, 0.2) is 0 Å². The standard InChI is InChI=1S/C17H23NO3S/c19-22(20,13-17-8-4-5-11-21-17)18-16-10-9-14-6-2-1-3-7-15(14)12-16/h3,7,9-10,12,17-18H,1-2,4-6,8,11,13H2. The Morgan fingerprint density at radius 1 is 1.23 bits per heavy atom. The van der Waals surface area contributed by atoms with Crippen molar-refractivity contribution in [2.75, 3.05) is 17.1 Å². The van der Waals surface area contributed by atoms with Crippen molar-refractivity contribution in [3.63, 3.8) is 0 Å². The molecule has 1 atom stereocenters. The van der Waals surface area contributed by atoms with Crippen LogP contribution in [0.4, 0.5) is 5.69 Å². The van der Waals surface area contributed by atoms with E-state index in [2.05, 4.69) is 16.9 Å². The van der Waals surface area contributed by atoms with Gasteiger partial charge in [-0.2, -0.15) is 0 Å². The van der Waals surface area contributed by atoms with Crippen molar-refractivity contribution in [3.8, 4) is 0 Å². The van der Waals surface area contributed by atoms with Crippen LogP contribution >= 0.6 is 0 Å². The minimum absolute atomic E-state index is 0.0416. The summed E-state index contributed by atoms with van der Waals surface area (Å²) in [5.41, 5.74) is 3.04. The minimum Gasteiger partial charge on any atom is -0.377 e. The molecule has 1 aliphatic carbocycles. The van der Waals surface area contributed by atoms with Crippen molar-refractivity contribution in [1.29, 1.82) is 0 Å². The molecule has 0 aromatic heterocycles. The molecule has 1 fully saturated rings. The third-order valence-electron chi connectivity index (χ3n) is 4.21. The molecule has 5 heteroatoms. The van der Waals surface area contributed by atoms with E-state index < -0.39 is 10.0 Å². The van der Waals surface area contributed by atoms with Gasteiger partial charge >= 0.3 is 0 Å². The second-order valence-corrected chi connectivity index (χ2v) is 7.85. The maximum atomic E-state index is 12.3. The highest BCUT2D eigenvalue weighted by Crippen LogP contribution is 2.23. The lowest BCUT2D eigenvalue weighted by molar-refractivity contribution is 0.0306. The summed E-state index contributed by atoms with van der Waals surface area (Å²) < 4.78 is 32.8. The topological polar surface area (TPSA) is 55.4 Å². The van der Waals surface area contributed by atoms with E-state index in [0.29, 0.717) is 12.3 Å². The van der Waals surface area contributed by atoms with E-state index in [0.717, 1.165) is 44.1 Å². The molecule has 1 N–H and O–H groups in total. The van der Waals surface area contributed by atoms with E-state index in [1.54, 1.807) is 0 Å². The molecule has 3 rings (SSSR count). The molecule has 2 aliphatic rings. The van der Waals surface area contributed by atoms with Gasteiger partial charge in [-0.05, 0) is 61.8 Å². The number of rotatable bonds is 4. The van der Waals surface area contributed by atoms with Crippen LogP contribution in [0.1, 0.15) is 43.2 Å². The van der Waals surface area contributed by atoms with Gasteiger partial charge in [-0.25, -0.2) is 8.42 Å². The Morgan fingerprint density at radius 3 is 2.95 bits per heavy atom. The van der Waals surface area contributed by atoms with Gasteiger partial charge in [-0.3, -0.25) is 4.72 Å². The fourth-order valence-corrected chi connectivity index (χ4v) is 4.39. The van der Waals surface area contributed by atoms with Gasteiger partial charge in [-0.15, -0.1) is 0 Å². The molecule has 0 bridgehead atoms. The summed E-state index contributed by atoms with van der Waals surface area (Å²) in [6.45, 7) is 0.670. The van der Waals surface area contributed by atoms with Crippen LogP contribution in [0.25, 0.3) is 6.08 Å². The van der Waals surface area contributed by atoms with Crippen molar-refractivity contribution in [1.82, 2.24) is 0 Å². The third-order valence-corrected chi connectivity index (χ3v) is 5.57. The molecule has 120 valence electrons. The first-order valence-electron chi connectivity index (χ1n) is 8.04. The second kappa shape index (κ2) is 6.84. The Morgan fingerprint density at radius 2 is 2.14 bits per heavy atom. The summed E-state index contributed by atoms with van der Waals surface area (Å²) in [6.07, 6.45) is 10.2. The van der Waals surface area contributed by atoms with Crippen molar-refractivity contribution >= 4 is 21.8 Å². The number of aryl methyl sites for hydroxylation is 1. The van der Waals surface area contributed by atoms with Gasteiger partial charge in [0.05, 0.1) is 11.9 Å². The molecule has 0 spiro atoms. The Bertz CT molecular complexity index is 646. The zero-order valence-corrected chi connectivity index (χ0v) is 13.6. The van der Waals surface area contributed by atoms with Crippen molar-refractivity contribution in [3.05, 3.63) is 35.4 Å². The number of anilines is 1. The molecule has 4 nitrogen and oxygen atoms in total. The normalized spacial score (nSPS) is 21.9. The average molecular weight is 321 g/mol. The molecule has 1 aromatic carbocycles. The van der Waals surface area contributed by atoms with Crippen LogP contribution in [0.3, 0.4) is 0 Å². The molecule has 1 unspecified atom stereocenters. The van der Waals surface area contributed by atoms with E-state index in [1.165, 1.54) is 5.56 Å². The van der Waals surface area contributed by atoms with Crippen LogP contribution in [0.5, 0.6) is 0 Å². The number of fused-ring (bicyclic) bond motifs is 1. The molecule has 1 aromatic rings. The predicted octanol–water partition coefficient (Wildman–Crippen LogP) is 3.35. The lowest BCUT2D eigenvalue weighted by Gasteiger charge is -2.22. The van der Waals surface area contributed by atoms with Gasteiger partial charge in [0.2, 0.25) is 10.0 Å². The summed E-state index contributed by atoms with van der Waals surface area (Å²) in [5.74, 6) is 0.0416. The summed E-state index contributed by atoms with van der Waals surface area (Å²) >= 11 is 0. The molecule has 1 saturated heterocycles. The summed E-state index contributed by atoms with van der Waals surface area (Å²) in [5, 5.41) is 0.